The van der Waals surface area contributed by atoms with Crippen molar-refractivity contribution in [2.45, 2.75) is 19.4 Å². The van der Waals surface area contributed by atoms with Crippen molar-refractivity contribution in [2.24, 2.45) is 0 Å². The maximum absolute atomic E-state index is 13.6. The van der Waals surface area contributed by atoms with Gasteiger partial charge in [-0.25, -0.2) is 4.39 Å². The van der Waals surface area contributed by atoms with Gasteiger partial charge in [0, 0.05) is 10.5 Å². The number of carbonyl (C=O) groups is 1. The minimum Gasteiger partial charge on any atom is -0.349 e. The summed E-state index contributed by atoms with van der Waals surface area (Å²) >= 11 is 3.19. The van der Waals surface area contributed by atoms with Crippen molar-refractivity contribution in [1.29, 1.82) is 0 Å². The van der Waals surface area contributed by atoms with E-state index in [2.05, 4.69) is 21.2 Å². The third kappa shape index (κ3) is 4.38. The molecule has 1 atom stereocenters. The number of hydrogen-bond acceptors (Lipinski definition) is 2. The molecule has 1 N–H and O–H groups in total. The highest BCUT2D eigenvalue weighted by Crippen LogP contribution is 2.19. The van der Waals surface area contributed by atoms with Crippen molar-refractivity contribution in [3.63, 3.8) is 0 Å². The van der Waals surface area contributed by atoms with Crippen LogP contribution >= 0.6 is 15.9 Å². The zero-order valence-electron chi connectivity index (χ0n) is 10.8. The van der Waals surface area contributed by atoms with Crippen LogP contribution in [0.15, 0.2) is 22.7 Å². The molecule has 1 aromatic rings. The van der Waals surface area contributed by atoms with Gasteiger partial charge in [-0.15, -0.1) is 0 Å². The summed E-state index contributed by atoms with van der Waals surface area (Å²) < 4.78 is 14.0. The van der Waals surface area contributed by atoms with Gasteiger partial charge in [0.2, 0.25) is 0 Å². The van der Waals surface area contributed by atoms with Gasteiger partial charge in [-0.1, -0.05) is 6.07 Å². The molecule has 5 heteroatoms. The van der Waals surface area contributed by atoms with Crippen LogP contribution in [-0.4, -0.2) is 37.5 Å². The second-order valence-electron chi connectivity index (χ2n) is 4.56. The first kappa shape index (κ1) is 15.1. The monoisotopic (exact) mass is 316 g/mol. The fourth-order valence-corrected chi connectivity index (χ4v) is 2.06. The number of benzene rings is 1. The summed E-state index contributed by atoms with van der Waals surface area (Å²) in [6.07, 6.45) is 0.824. The average Bonchev–Trinajstić information content (AvgIpc) is 2.26. The van der Waals surface area contributed by atoms with Crippen LogP contribution in [0.3, 0.4) is 0 Å². The van der Waals surface area contributed by atoms with Gasteiger partial charge in [0.15, 0.2) is 0 Å². The molecule has 0 aliphatic carbocycles. The van der Waals surface area contributed by atoms with Crippen LogP contribution in [0.2, 0.25) is 0 Å². The van der Waals surface area contributed by atoms with E-state index in [9.17, 15) is 9.18 Å². The second kappa shape index (κ2) is 6.85. The number of rotatable bonds is 5. The molecule has 0 saturated heterocycles. The van der Waals surface area contributed by atoms with Crippen molar-refractivity contribution >= 4 is 21.8 Å². The molecule has 0 spiro atoms. The lowest BCUT2D eigenvalue weighted by molar-refractivity contribution is 0.0932. The highest BCUT2D eigenvalue weighted by molar-refractivity contribution is 9.10. The van der Waals surface area contributed by atoms with E-state index in [-0.39, 0.29) is 17.5 Å². The maximum Gasteiger partial charge on any atom is 0.255 e. The molecule has 3 nitrogen and oxygen atoms in total. The Morgan fingerprint density at radius 2 is 2.17 bits per heavy atom. The van der Waals surface area contributed by atoms with E-state index < -0.39 is 5.82 Å². The molecule has 0 radical (unpaired) electrons. The fourth-order valence-electron chi connectivity index (χ4n) is 1.53. The largest absolute Gasteiger partial charge is 0.349 e. The van der Waals surface area contributed by atoms with E-state index in [4.69, 9.17) is 0 Å². The van der Waals surface area contributed by atoms with E-state index in [0.717, 1.165) is 13.0 Å². The van der Waals surface area contributed by atoms with Crippen molar-refractivity contribution in [3.8, 4) is 0 Å². The smallest absolute Gasteiger partial charge is 0.255 e. The third-order valence-corrected chi connectivity index (χ3v) is 3.24. The molecule has 0 fully saturated rings. The molecule has 1 rings (SSSR count). The highest BCUT2D eigenvalue weighted by atomic mass is 79.9. The van der Waals surface area contributed by atoms with Crippen molar-refractivity contribution in [2.75, 3.05) is 20.6 Å². The van der Waals surface area contributed by atoms with E-state index in [1.54, 1.807) is 12.1 Å². The van der Waals surface area contributed by atoms with Crippen molar-refractivity contribution in [3.05, 3.63) is 34.1 Å². The molecule has 1 unspecified atom stereocenters. The summed E-state index contributed by atoms with van der Waals surface area (Å²) in [4.78, 5) is 14.0. The lowest BCUT2D eigenvalue weighted by atomic mass is 10.1. The normalized spacial score (nSPS) is 12.6. The van der Waals surface area contributed by atoms with Crippen LogP contribution < -0.4 is 5.32 Å². The maximum atomic E-state index is 13.6. The topological polar surface area (TPSA) is 32.3 Å². The molecule has 0 bridgehead atoms. The highest BCUT2D eigenvalue weighted by Gasteiger charge is 2.17. The zero-order chi connectivity index (χ0) is 13.7. The number of nitrogens with one attached hydrogen (secondary N) is 1. The van der Waals surface area contributed by atoms with Gasteiger partial charge in [0.05, 0.1) is 5.56 Å². The minimum atomic E-state index is -0.512. The minimum absolute atomic E-state index is 0.00593. The van der Waals surface area contributed by atoms with Gasteiger partial charge in [-0.05, 0) is 62.0 Å². The van der Waals surface area contributed by atoms with E-state index in [1.807, 2.05) is 25.9 Å². The summed E-state index contributed by atoms with van der Waals surface area (Å²) in [7, 11) is 3.95. The summed E-state index contributed by atoms with van der Waals surface area (Å²) in [6, 6.07) is 4.50. The Labute approximate surface area is 115 Å². The zero-order valence-corrected chi connectivity index (χ0v) is 12.4. The Bertz CT molecular complexity index is 403. The molecular weight excluding hydrogens is 299 g/mol. The first-order valence-electron chi connectivity index (χ1n) is 5.81. The molecule has 0 aromatic heterocycles. The van der Waals surface area contributed by atoms with Crippen LogP contribution in [-0.2, 0) is 0 Å². The quantitative estimate of drug-likeness (QED) is 0.905. The molecule has 100 valence electrons. The molecular formula is C13H18BrFN2O. The van der Waals surface area contributed by atoms with Gasteiger partial charge in [0.25, 0.3) is 5.91 Å². The molecule has 0 aliphatic rings. The Kier molecular flexibility index (Phi) is 5.75. The third-order valence-electron chi connectivity index (χ3n) is 2.58. The first-order chi connectivity index (χ1) is 8.41. The van der Waals surface area contributed by atoms with Crippen LogP contribution in [0.5, 0.6) is 0 Å². The summed E-state index contributed by atoms with van der Waals surface area (Å²) in [6.45, 7) is 2.79. The Morgan fingerprint density at radius 1 is 1.50 bits per heavy atom. The van der Waals surface area contributed by atoms with Crippen LogP contribution in [0, 0.1) is 5.82 Å². The van der Waals surface area contributed by atoms with E-state index in [1.165, 1.54) is 6.07 Å². The Hall–Kier alpha value is -0.940. The van der Waals surface area contributed by atoms with Gasteiger partial charge in [-0.3, -0.25) is 4.79 Å². The molecule has 1 aromatic carbocycles. The Morgan fingerprint density at radius 3 is 2.72 bits per heavy atom. The average molecular weight is 317 g/mol. The van der Waals surface area contributed by atoms with Gasteiger partial charge in [-0.2, -0.15) is 0 Å². The lowest BCUT2D eigenvalue weighted by Crippen LogP contribution is -2.35. The van der Waals surface area contributed by atoms with Crippen LogP contribution in [0.1, 0.15) is 23.7 Å². The summed E-state index contributed by atoms with van der Waals surface area (Å²) in [5.74, 6) is -0.895. The van der Waals surface area contributed by atoms with Gasteiger partial charge in [0.1, 0.15) is 5.82 Å². The van der Waals surface area contributed by atoms with Crippen molar-refractivity contribution in [1.82, 2.24) is 10.2 Å². The van der Waals surface area contributed by atoms with Crippen molar-refractivity contribution < 1.29 is 9.18 Å². The molecule has 0 heterocycles. The lowest BCUT2D eigenvalue weighted by Gasteiger charge is -2.17. The fraction of sp³-hybridized carbons (Fsp3) is 0.462. The summed E-state index contributed by atoms with van der Waals surface area (Å²) in [5.41, 5.74) is 0.0641. The van der Waals surface area contributed by atoms with Crippen LogP contribution in [0.25, 0.3) is 0 Å². The molecule has 18 heavy (non-hydrogen) atoms. The number of nitrogens with zero attached hydrogens (tertiary/aromatic N) is 1. The number of halogens is 2. The molecule has 0 aliphatic heterocycles. The van der Waals surface area contributed by atoms with Gasteiger partial charge < -0.3 is 10.2 Å². The predicted molar refractivity (Wildman–Crippen MR) is 74.2 cm³/mol. The number of carbonyl (C=O) groups excluding carboxylic acids is 1. The predicted octanol–water partition coefficient (Wildman–Crippen LogP) is 2.66. The molecule has 1 amide bonds. The van der Waals surface area contributed by atoms with E-state index in [0.29, 0.717) is 4.47 Å². The standard InChI is InChI=1S/C13H18BrFN2O/c1-9(7-8-17(2)3)16-13(18)12-10(14)5-4-6-11(12)15/h4-6,9H,7-8H2,1-3H3,(H,16,18). The summed E-state index contributed by atoms with van der Waals surface area (Å²) in [5, 5.41) is 2.80. The Balaban J connectivity index is 2.65. The van der Waals surface area contributed by atoms with E-state index >= 15 is 0 Å². The van der Waals surface area contributed by atoms with Crippen LogP contribution in [0.4, 0.5) is 4.39 Å². The second-order valence-corrected chi connectivity index (χ2v) is 5.42. The van der Waals surface area contributed by atoms with Gasteiger partial charge >= 0.3 is 0 Å². The SMILES string of the molecule is CC(CCN(C)C)NC(=O)c1c(F)cccc1Br. The molecule has 0 saturated carbocycles. The number of hydrogen-bond donors (Lipinski definition) is 1. The number of amides is 1. The first-order valence-corrected chi connectivity index (χ1v) is 6.60.